The van der Waals surface area contributed by atoms with E-state index in [0.29, 0.717) is 0 Å². The maximum absolute atomic E-state index is 6.54. The van der Waals surface area contributed by atoms with Crippen LogP contribution in [0.5, 0.6) is 0 Å². The van der Waals surface area contributed by atoms with E-state index in [4.69, 9.17) is 13.9 Å². The molecule has 1 saturated heterocycles. The van der Waals surface area contributed by atoms with Gasteiger partial charge in [-0.2, -0.15) is 0 Å². The average molecular weight is 412 g/mol. The van der Waals surface area contributed by atoms with E-state index in [1.165, 1.54) is 0 Å². The van der Waals surface area contributed by atoms with Gasteiger partial charge in [0.1, 0.15) is 12.2 Å². The summed E-state index contributed by atoms with van der Waals surface area (Å²) in [4.78, 5) is 0. The number of rotatable bonds is 5. The van der Waals surface area contributed by atoms with Gasteiger partial charge in [-0.15, -0.1) is 6.58 Å². The summed E-state index contributed by atoms with van der Waals surface area (Å²) in [5.74, 6) is -0.565. The number of halogens is 1. The van der Waals surface area contributed by atoms with Gasteiger partial charge in [0, 0.05) is 4.43 Å². The van der Waals surface area contributed by atoms with Crippen LogP contribution in [-0.4, -0.2) is 36.8 Å². The van der Waals surface area contributed by atoms with Gasteiger partial charge in [-0.3, -0.25) is 0 Å². The van der Waals surface area contributed by atoms with Crippen LogP contribution in [0, 0.1) is 0 Å². The predicted molar refractivity (Wildman–Crippen MR) is 95.0 cm³/mol. The molecule has 0 saturated carbocycles. The number of hydrogen-bond acceptors (Lipinski definition) is 3. The molecule has 20 heavy (non-hydrogen) atoms. The standard InChI is InChI=1S/C15H29IO3Si/c1-9-11-13(18-15(5,6)17-11)12(10-16)19-20(7,8)14(2,3)4/h9,11-13H,1,10H2,2-8H3/t11-,12+,13-/m1/s1. The smallest absolute Gasteiger partial charge is 0.192 e. The SMILES string of the molecule is C=C[C@H]1OC(C)(C)O[C@H]1[C@H](CI)O[Si](C)(C)C(C)(C)C. The molecule has 5 heteroatoms. The van der Waals surface area contributed by atoms with Crippen LogP contribution < -0.4 is 0 Å². The Bertz CT molecular complexity index is 350. The minimum Gasteiger partial charge on any atom is -0.410 e. The van der Waals surface area contributed by atoms with Gasteiger partial charge in [-0.1, -0.05) is 49.4 Å². The number of alkyl halides is 1. The molecule has 0 radical (unpaired) electrons. The average Bonchev–Trinajstić information content (AvgIpc) is 2.60. The van der Waals surface area contributed by atoms with Crippen LogP contribution in [0.25, 0.3) is 0 Å². The first-order valence-electron chi connectivity index (χ1n) is 7.15. The molecule has 1 rings (SSSR count). The number of hydrogen-bond donors (Lipinski definition) is 0. The van der Waals surface area contributed by atoms with Gasteiger partial charge in [-0.05, 0) is 32.0 Å². The zero-order chi connectivity index (χ0) is 15.8. The van der Waals surface area contributed by atoms with Crippen molar-refractivity contribution in [1.82, 2.24) is 0 Å². The van der Waals surface area contributed by atoms with E-state index in [-0.39, 0.29) is 23.4 Å². The summed E-state index contributed by atoms with van der Waals surface area (Å²) in [5, 5.41) is 0.190. The molecule has 0 bridgehead atoms. The monoisotopic (exact) mass is 412 g/mol. The van der Waals surface area contributed by atoms with Crippen molar-refractivity contribution in [3.8, 4) is 0 Å². The first kappa shape index (κ1) is 18.6. The Balaban J connectivity index is 2.89. The topological polar surface area (TPSA) is 27.7 Å². The molecule has 1 heterocycles. The highest BCUT2D eigenvalue weighted by molar-refractivity contribution is 14.1. The molecule has 0 aromatic carbocycles. The van der Waals surface area contributed by atoms with E-state index in [0.717, 1.165) is 4.43 Å². The van der Waals surface area contributed by atoms with Crippen molar-refractivity contribution in [2.24, 2.45) is 0 Å². The predicted octanol–water partition coefficient (Wildman–Crippen LogP) is 4.52. The van der Waals surface area contributed by atoms with Crippen molar-refractivity contribution in [2.45, 2.75) is 76.8 Å². The minimum absolute atomic E-state index is 0.0428. The van der Waals surface area contributed by atoms with Crippen LogP contribution in [0.2, 0.25) is 18.1 Å². The van der Waals surface area contributed by atoms with Crippen LogP contribution in [-0.2, 0) is 13.9 Å². The van der Waals surface area contributed by atoms with Crippen LogP contribution in [0.4, 0.5) is 0 Å². The highest BCUT2D eigenvalue weighted by Gasteiger charge is 2.47. The van der Waals surface area contributed by atoms with Crippen molar-refractivity contribution in [2.75, 3.05) is 4.43 Å². The summed E-state index contributed by atoms with van der Waals surface area (Å²) in [6, 6.07) is 0. The lowest BCUT2D eigenvalue weighted by atomic mass is 10.1. The van der Waals surface area contributed by atoms with Crippen LogP contribution in [0.1, 0.15) is 34.6 Å². The molecule has 0 N–H and O–H groups in total. The molecular formula is C15H29IO3Si. The third kappa shape index (κ3) is 4.29. The Morgan fingerprint density at radius 2 is 1.90 bits per heavy atom. The molecule has 1 aliphatic rings. The molecule has 3 nitrogen and oxygen atoms in total. The quantitative estimate of drug-likeness (QED) is 0.288. The lowest BCUT2D eigenvalue weighted by molar-refractivity contribution is -0.150. The van der Waals surface area contributed by atoms with Gasteiger partial charge in [0.05, 0.1) is 6.10 Å². The molecule has 0 amide bonds. The molecule has 0 spiro atoms. The molecule has 0 aromatic heterocycles. The van der Waals surface area contributed by atoms with Gasteiger partial charge in [0.2, 0.25) is 0 Å². The summed E-state index contributed by atoms with van der Waals surface area (Å²) in [6.45, 7) is 19.1. The molecule has 0 aliphatic carbocycles. The highest BCUT2D eigenvalue weighted by Crippen LogP contribution is 2.40. The third-order valence-corrected chi connectivity index (χ3v) is 9.54. The summed E-state index contributed by atoms with van der Waals surface area (Å²) in [5.41, 5.74) is 0. The lowest BCUT2D eigenvalue weighted by Gasteiger charge is -2.40. The number of ether oxygens (including phenoxy) is 2. The fraction of sp³-hybridized carbons (Fsp3) is 0.867. The minimum atomic E-state index is -1.82. The Morgan fingerprint density at radius 3 is 2.30 bits per heavy atom. The Morgan fingerprint density at radius 1 is 1.35 bits per heavy atom. The molecule has 1 fully saturated rings. The molecule has 3 atom stereocenters. The largest absolute Gasteiger partial charge is 0.410 e. The fourth-order valence-corrected chi connectivity index (χ4v) is 4.38. The van der Waals surface area contributed by atoms with Gasteiger partial charge >= 0.3 is 0 Å². The van der Waals surface area contributed by atoms with Crippen molar-refractivity contribution in [1.29, 1.82) is 0 Å². The first-order chi connectivity index (χ1) is 8.93. The van der Waals surface area contributed by atoms with Crippen molar-refractivity contribution >= 4 is 30.9 Å². The highest BCUT2D eigenvalue weighted by atomic mass is 127. The Kier molecular flexibility index (Phi) is 5.92. The second-order valence-corrected chi connectivity index (χ2v) is 13.0. The Labute approximate surface area is 138 Å². The molecule has 1 aliphatic heterocycles. The second kappa shape index (κ2) is 6.36. The van der Waals surface area contributed by atoms with E-state index in [1.54, 1.807) is 0 Å². The van der Waals surface area contributed by atoms with Crippen molar-refractivity contribution < 1.29 is 13.9 Å². The lowest BCUT2D eigenvalue weighted by Crippen LogP contribution is -2.49. The maximum atomic E-state index is 6.54. The van der Waals surface area contributed by atoms with E-state index in [9.17, 15) is 0 Å². The molecule has 0 unspecified atom stereocenters. The molecule has 0 aromatic rings. The van der Waals surface area contributed by atoms with Gasteiger partial charge in [0.15, 0.2) is 14.1 Å². The summed E-state index contributed by atoms with van der Waals surface area (Å²) >= 11 is 2.37. The normalized spacial score (nSPS) is 28.4. The third-order valence-electron chi connectivity index (χ3n) is 4.17. The summed E-state index contributed by atoms with van der Waals surface area (Å²) < 4.78 is 19.4. The van der Waals surface area contributed by atoms with E-state index >= 15 is 0 Å². The first-order valence-corrected chi connectivity index (χ1v) is 11.6. The van der Waals surface area contributed by atoms with E-state index in [2.05, 4.69) is 63.0 Å². The van der Waals surface area contributed by atoms with Crippen LogP contribution >= 0.6 is 22.6 Å². The summed E-state index contributed by atoms with van der Waals surface area (Å²) in [6.07, 6.45) is 1.69. The van der Waals surface area contributed by atoms with Crippen molar-refractivity contribution in [3.63, 3.8) is 0 Å². The van der Waals surface area contributed by atoms with Gasteiger partial charge in [-0.25, -0.2) is 0 Å². The molecular weight excluding hydrogens is 383 g/mol. The van der Waals surface area contributed by atoms with Crippen LogP contribution in [0.15, 0.2) is 12.7 Å². The zero-order valence-electron chi connectivity index (χ0n) is 13.8. The second-order valence-electron chi connectivity index (χ2n) is 7.37. The molecule has 118 valence electrons. The maximum Gasteiger partial charge on any atom is 0.192 e. The fourth-order valence-electron chi connectivity index (χ4n) is 2.03. The zero-order valence-corrected chi connectivity index (χ0v) is 17.0. The van der Waals surface area contributed by atoms with Crippen LogP contribution in [0.3, 0.4) is 0 Å². The van der Waals surface area contributed by atoms with Gasteiger partial charge < -0.3 is 13.9 Å². The Hall–Kier alpha value is 0.567. The van der Waals surface area contributed by atoms with E-state index in [1.807, 2.05) is 19.9 Å². The van der Waals surface area contributed by atoms with E-state index < -0.39 is 14.1 Å². The van der Waals surface area contributed by atoms with Crippen molar-refractivity contribution in [3.05, 3.63) is 12.7 Å². The van der Waals surface area contributed by atoms with Gasteiger partial charge in [0.25, 0.3) is 0 Å². The summed E-state index contributed by atoms with van der Waals surface area (Å²) in [7, 11) is -1.82.